The van der Waals surface area contributed by atoms with Crippen LogP contribution in [-0.2, 0) is 35.6 Å². The number of nitrogens with zero attached hydrogens (tertiary/aromatic N) is 4. The van der Waals surface area contributed by atoms with Gasteiger partial charge in [0.1, 0.15) is 29.2 Å². The molecular formula is C44H50F2N6O8S. The van der Waals surface area contributed by atoms with Gasteiger partial charge in [-0.1, -0.05) is 31.1 Å². The Hall–Kier alpha value is -5.19. The number of pyridine rings is 2. The van der Waals surface area contributed by atoms with Crippen LogP contribution in [0.2, 0.25) is 0 Å². The van der Waals surface area contributed by atoms with Gasteiger partial charge in [0, 0.05) is 80.2 Å². The van der Waals surface area contributed by atoms with Gasteiger partial charge in [-0.3, -0.25) is 28.9 Å². The van der Waals surface area contributed by atoms with E-state index in [4.69, 9.17) is 14.5 Å². The molecule has 5 atom stereocenters. The van der Waals surface area contributed by atoms with Crippen LogP contribution in [0.5, 0.6) is 11.5 Å². The zero-order valence-electron chi connectivity index (χ0n) is 33.8. The molecule has 61 heavy (non-hydrogen) atoms. The number of carbonyl (C=O) groups is 4. The van der Waals surface area contributed by atoms with Gasteiger partial charge in [-0.05, 0) is 62.8 Å². The number of sulfonamides is 1. The van der Waals surface area contributed by atoms with Gasteiger partial charge in [-0.15, -0.1) is 0 Å². The third-order valence-corrected chi connectivity index (χ3v) is 14.9. The summed E-state index contributed by atoms with van der Waals surface area (Å²) in [5.74, 6) is -5.26. The van der Waals surface area contributed by atoms with E-state index in [2.05, 4.69) is 15.0 Å². The highest BCUT2D eigenvalue weighted by Crippen LogP contribution is 2.46. The highest BCUT2D eigenvalue weighted by Gasteiger charge is 2.62. The molecule has 2 saturated carbocycles. The van der Waals surface area contributed by atoms with E-state index in [0.29, 0.717) is 73.2 Å². The number of amides is 4. The van der Waals surface area contributed by atoms with Crippen molar-refractivity contribution in [2.75, 3.05) is 26.2 Å². The summed E-state index contributed by atoms with van der Waals surface area (Å²) in [7, 11) is -3.93. The highest BCUT2D eigenvalue weighted by atomic mass is 32.2. The molecule has 2 unspecified atom stereocenters. The minimum absolute atomic E-state index is 0.0226. The Morgan fingerprint density at radius 3 is 2.62 bits per heavy atom. The zero-order chi connectivity index (χ0) is 42.5. The van der Waals surface area contributed by atoms with E-state index in [1.807, 2.05) is 36.4 Å². The molecule has 324 valence electrons. The van der Waals surface area contributed by atoms with E-state index in [-0.39, 0.29) is 38.9 Å². The van der Waals surface area contributed by atoms with Crippen LogP contribution in [0.1, 0.15) is 82.6 Å². The van der Waals surface area contributed by atoms with Gasteiger partial charge in [0.2, 0.25) is 27.7 Å². The molecule has 1 aromatic carbocycles. The third-order valence-electron chi connectivity index (χ3n) is 13.1. The Morgan fingerprint density at radius 2 is 1.85 bits per heavy atom. The molecule has 2 aliphatic carbocycles. The normalized spacial score (nSPS) is 28.3. The predicted octanol–water partition coefficient (Wildman–Crippen LogP) is 4.85. The van der Waals surface area contributed by atoms with Crippen molar-refractivity contribution in [2.45, 2.75) is 112 Å². The van der Waals surface area contributed by atoms with Crippen LogP contribution >= 0.6 is 0 Å². The van der Waals surface area contributed by atoms with Gasteiger partial charge in [-0.2, -0.15) is 0 Å². The number of carbonyl (C=O) groups excluding carboxylic acids is 4. The number of aromatic nitrogens is 2. The van der Waals surface area contributed by atoms with Crippen LogP contribution in [0.3, 0.4) is 0 Å². The molecule has 17 heteroatoms. The van der Waals surface area contributed by atoms with Gasteiger partial charge < -0.3 is 24.6 Å². The molecule has 6 heterocycles. The number of rotatable bonds is 8. The van der Waals surface area contributed by atoms with Gasteiger partial charge in [0.25, 0.3) is 11.8 Å². The second kappa shape index (κ2) is 16.3. The summed E-state index contributed by atoms with van der Waals surface area (Å²) < 4.78 is 68.9. The van der Waals surface area contributed by atoms with Crippen molar-refractivity contribution in [1.29, 1.82) is 0 Å². The molecule has 4 fully saturated rings. The third kappa shape index (κ3) is 8.54. The number of nitrogens with one attached hydrogen (secondary N) is 2. The van der Waals surface area contributed by atoms with E-state index in [0.717, 1.165) is 24.2 Å². The minimum atomic E-state index is -3.93. The molecule has 4 aliphatic heterocycles. The Morgan fingerprint density at radius 1 is 1.03 bits per heavy atom. The van der Waals surface area contributed by atoms with Crippen LogP contribution in [-0.4, -0.2) is 107 Å². The van der Waals surface area contributed by atoms with Gasteiger partial charge >= 0.3 is 0 Å². The van der Waals surface area contributed by atoms with E-state index < -0.39 is 87.2 Å². The summed E-state index contributed by atoms with van der Waals surface area (Å²) in [4.78, 5) is 69.4. The van der Waals surface area contributed by atoms with Crippen LogP contribution in [0.25, 0.3) is 22.3 Å². The summed E-state index contributed by atoms with van der Waals surface area (Å²) in [5, 5.41) is 2.96. The van der Waals surface area contributed by atoms with Crippen LogP contribution < -0.4 is 19.5 Å². The smallest absolute Gasteiger partial charge is 0.259 e. The van der Waals surface area contributed by atoms with Gasteiger partial charge in [0.15, 0.2) is 0 Å². The first-order valence-corrected chi connectivity index (χ1v) is 23.0. The lowest BCUT2D eigenvalue weighted by Crippen LogP contribution is -2.57. The standard InChI is InChI=1S/C44H50F2N6O8S/c45-43(46)16-19-51(20-17-43)38(53)22-27-8-4-2-1-3-5-9-28-25-44(28,42(56)50-61(57,58)30-11-12-30)49-40(54)35-23-29(26-52(35)41(27)55)60-37-24-34(33-10-6-7-18-47-33)48-39-31(37)13-14-36-32(39)15-21-59-36/h5-7,9-10,13-14,18,24,27-30,35H,1-4,8,11-12,15-17,19-23,25-26H2,(H,49,54)(H,50,56)/b9-5-/t27-,28?,29-,35+,44?/m1/s1. The number of hydrogen-bond acceptors (Lipinski definition) is 10. The number of alkyl halides is 2. The van der Waals surface area contributed by atoms with E-state index in [1.54, 1.807) is 18.3 Å². The summed E-state index contributed by atoms with van der Waals surface area (Å²) in [5.41, 5.74) is 1.24. The topological polar surface area (TPSA) is 177 Å². The molecule has 0 radical (unpaired) electrons. The second-order valence-corrected chi connectivity index (χ2v) is 19.4. The van der Waals surface area contributed by atoms with Crippen molar-refractivity contribution in [3.63, 3.8) is 0 Å². The quantitative estimate of drug-likeness (QED) is 0.298. The summed E-state index contributed by atoms with van der Waals surface area (Å²) >= 11 is 0. The average molecular weight is 861 g/mol. The maximum absolute atomic E-state index is 14.9. The Balaban J connectivity index is 1.04. The zero-order valence-corrected chi connectivity index (χ0v) is 34.6. The molecule has 0 spiro atoms. The first-order valence-electron chi connectivity index (χ1n) is 21.5. The number of halogens is 2. The largest absolute Gasteiger partial charge is 0.493 e. The predicted molar refractivity (Wildman–Crippen MR) is 219 cm³/mol. The first kappa shape index (κ1) is 41.2. The maximum atomic E-state index is 14.9. The fourth-order valence-corrected chi connectivity index (χ4v) is 10.6. The molecular weight excluding hydrogens is 811 g/mol. The summed E-state index contributed by atoms with van der Waals surface area (Å²) in [6.07, 6.45) is 8.50. The number of benzene rings is 1. The molecule has 2 saturated heterocycles. The van der Waals surface area contributed by atoms with E-state index in [1.165, 1.54) is 9.80 Å². The van der Waals surface area contributed by atoms with Crippen LogP contribution in [0.4, 0.5) is 8.78 Å². The maximum Gasteiger partial charge on any atom is 0.259 e. The number of ether oxygens (including phenoxy) is 2. The van der Waals surface area contributed by atoms with Crippen molar-refractivity contribution in [3.8, 4) is 22.9 Å². The van der Waals surface area contributed by atoms with Crippen molar-refractivity contribution in [2.24, 2.45) is 11.8 Å². The fourth-order valence-electron chi connectivity index (χ4n) is 9.26. The van der Waals surface area contributed by atoms with Crippen molar-refractivity contribution < 1.29 is 45.9 Å². The molecule has 2 aromatic heterocycles. The average Bonchev–Trinajstić information content (AvgIpc) is 4.12. The van der Waals surface area contributed by atoms with Gasteiger partial charge in [-0.25, -0.2) is 22.2 Å². The molecule has 2 N–H and O–H groups in total. The molecule has 4 amide bonds. The summed E-state index contributed by atoms with van der Waals surface area (Å²) in [6, 6.07) is 9.88. The lowest BCUT2D eigenvalue weighted by Gasteiger charge is -2.33. The van der Waals surface area contributed by atoms with Crippen LogP contribution in [0.15, 0.2) is 54.7 Å². The number of hydrogen-bond donors (Lipinski definition) is 2. The first-order chi connectivity index (χ1) is 29.3. The van der Waals surface area contributed by atoms with Crippen LogP contribution in [0, 0.1) is 11.8 Å². The number of allylic oxidation sites excluding steroid dienone is 1. The van der Waals surface area contributed by atoms with Crippen molar-refractivity contribution in [3.05, 3.63) is 60.3 Å². The van der Waals surface area contributed by atoms with Crippen molar-refractivity contribution in [1.82, 2.24) is 29.8 Å². The number of likely N-dealkylation sites (tertiary alicyclic amines) is 1. The molecule has 9 rings (SSSR count). The summed E-state index contributed by atoms with van der Waals surface area (Å²) in [6.45, 7) is 0.253. The Labute approximate surface area is 352 Å². The van der Waals surface area contributed by atoms with Crippen molar-refractivity contribution >= 4 is 44.6 Å². The monoisotopic (exact) mass is 860 g/mol. The Bertz CT molecular complexity index is 2370. The number of piperidine rings is 1. The lowest BCUT2D eigenvalue weighted by molar-refractivity contribution is -0.147. The molecule has 3 aromatic rings. The minimum Gasteiger partial charge on any atom is -0.493 e. The number of fused-ring (bicyclic) bond motifs is 5. The van der Waals surface area contributed by atoms with E-state index >= 15 is 0 Å². The molecule has 0 bridgehead atoms. The lowest BCUT2D eigenvalue weighted by atomic mass is 9.94. The highest BCUT2D eigenvalue weighted by molar-refractivity contribution is 7.91. The van der Waals surface area contributed by atoms with Gasteiger partial charge in [0.05, 0.1) is 35.3 Å². The van der Waals surface area contributed by atoms with E-state index in [9.17, 15) is 36.4 Å². The molecule has 14 nitrogen and oxygen atoms in total. The second-order valence-electron chi connectivity index (χ2n) is 17.4. The fraction of sp³-hybridized carbons (Fsp3) is 0.545. The Kier molecular flexibility index (Phi) is 11.0. The SMILES string of the molecule is O=C1NC2(C(=O)NS(=O)(=O)C3CC3)CC2/C=C\CCCCC[C@H](CC(=O)N2CCC(F)(F)CC2)C(=O)N2C[C@H](Oc3cc(-c4ccccn4)nc4c5c(ccc34)OCC5)C[C@@H]12. The molecule has 6 aliphatic rings.